The van der Waals surface area contributed by atoms with Crippen molar-refractivity contribution in [2.45, 2.75) is 78.6 Å². The van der Waals surface area contributed by atoms with Crippen molar-refractivity contribution in [3.05, 3.63) is 35.9 Å². The zero-order valence-electron chi connectivity index (χ0n) is 17.6. The molecule has 2 atom stereocenters. The second kappa shape index (κ2) is 10.5. The Morgan fingerprint density at radius 3 is 2.04 bits per heavy atom. The van der Waals surface area contributed by atoms with Gasteiger partial charge in [-0.15, -0.1) is 0 Å². The van der Waals surface area contributed by atoms with Crippen molar-refractivity contribution in [1.29, 1.82) is 0 Å². The highest BCUT2D eigenvalue weighted by Crippen LogP contribution is 2.36. The molecular formula is C22H40O2Si. The Kier molecular flexibility index (Phi) is 9.40. The van der Waals surface area contributed by atoms with Gasteiger partial charge >= 0.3 is 0 Å². The van der Waals surface area contributed by atoms with Gasteiger partial charge in [-0.2, -0.15) is 0 Å². The molecule has 0 radical (unpaired) electrons. The Labute approximate surface area is 157 Å². The van der Waals surface area contributed by atoms with Crippen LogP contribution in [0.2, 0.25) is 18.1 Å². The molecule has 0 aliphatic carbocycles. The van der Waals surface area contributed by atoms with Crippen LogP contribution in [0.3, 0.4) is 0 Å². The van der Waals surface area contributed by atoms with E-state index in [9.17, 15) is 0 Å². The summed E-state index contributed by atoms with van der Waals surface area (Å²) in [5.41, 5.74) is 1.26. The molecule has 0 bridgehead atoms. The van der Waals surface area contributed by atoms with Crippen molar-refractivity contribution in [1.82, 2.24) is 0 Å². The van der Waals surface area contributed by atoms with Gasteiger partial charge in [0.25, 0.3) is 0 Å². The Hall–Kier alpha value is -0.643. The molecule has 0 heterocycles. The third-order valence-electron chi connectivity index (χ3n) is 5.44. The monoisotopic (exact) mass is 364 g/mol. The summed E-state index contributed by atoms with van der Waals surface area (Å²) in [6.45, 7) is 18.7. The molecule has 0 unspecified atom stereocenters. The first kappa shape index (κ1) is 22.4. The fourth-order valence-electron chi connectivity index (χ4n) is 2.50. The number of hydrogen-bond donors (Lipinski definition) is 0. The van der Waals surface area contributed by atoms with Gasteiger partial charge in [-0.1, -0.05) is 71.4 Å². The summed E-state index contributed by atoms with van der Waals surface area (Å²) in [5, 5.41) is 0.303. The van der Waals surface area contributed by atoms with Crippen molar-refractivity contribution in [2.75, 3.05) is 13.2 Å². The van der Waals surface area contributed by atoms with Gasteiger partial charge in [-0.25, -0.2) is 0 Å². The first-order valence-electron chi connectivity index (χ1n) is 9.87. The Bertz CT molecular complexity index is 465. The van der Waals surface area contributed by atoms with E-state index in [0.29, 0.717) is 16.9 Å². The minimum Gasteiger partial charge on any atom is -0.417 e. The predicted molar refractivity (Wildman–Crippen MR) is 111 cm³/mol. The highest BCUT2D eigenvalue weighted by atomic mass is 28.4. The molecule has 0 fully saturated rings. The van der Waals surface area contributed by atoms with Gasteiger partial charge in [0.1, 0.15) is 0 Å². The summed E-state index contributed by atoms with van der Waals surface area (Å²) in [7, 11) is -1.60. The third-order valence-corrected chi connectivity index (χ3v) is 9.94. The number of rotatable bonds is 11. The fraction of sp³-hybridized carbons (Fsp3) is 0.727. The van der Waals surface area contributed by atoms with Gasteiger partial charge in [0, 0.05) is 13.2 Å². The molecule has 0 aliphatic rings. The minimum absolute atomic E-state index is 0.303. The molecule has 2 nitrogen and oxygen atoms in total. The van der Waals surface area contributed by atoms with Crippen LogP contribution >= 0.6 is 0 Å². The average Bonchev–Trinajstić information content (AvgIpc) is 2.53. The molecule has 0 saturated heterocycles. The molecule has 0 amide bonds. The lowest BCUT2D eigenvalue weighted by atomic mass is 10.00. The largest absolute Gasteiger partial charge is 0.417 e. The minimum atomic E-state index is -1.60. The van der Waals surface area contributed by atoms with Crippen LogP contribution in [-0.2, 0) is 15.8 Å². The van der Waals surface area contributed by atoms with Gasteiger partial charge in [0.2, 0.25) is 0 Å². The fourth-order valence-corrected chi connectivity index (χ4v) is 3.63. The van der Waals surface area contributed by atoms with Crippen molar-refractivity contribution < 1.29 is 9.16 Å². The van der Waals surface area contributed by atoms with Crippen LogP contribution in [-0.4, -0.2) is 21.5 Å². The van der Waals surface area contributed by atoms with E-state index in [2.05, 4.69) is 72.0 Å². The summed E-state index contributed by atoms with van der Waals surface area (Å²) in [4.78, 5) is 0. The maximum Gasteiger partial charge on any atom is 0.191 e. The molecule has 0 N–H and O–H groups in total. The van der Waals surface area contributed by atoms with Crippen LogP contribution in [0, 0.1) is 11.8 Å². The van der Waals surface area contributed by atoms with Crippen molar-refractivity contribution in [2.24, 2.45) is 11.8 Å². The third kappa shape index (κ3) is 9.03. The topological polar surface area (TPSA) is 18.5 Å². The zero-order chi connectivity index (χ0) is 18.9. The number of ether oxygens (including phenoxy) is 1. The second-order valence-electron chi connectivity index (χ2n) is 9.21. The van der Waals surface area contributed by atoms with Gasteiger partial charge in [-0.3, -0.25) is 0 Å². The molecule has 1 aromatic carbocycles. The highest BCUT2D eigenvalue weighted by Gasteiger charge is 2.37. The maximum absolute atomic E-state index is 6.34. The first-order chi connectivity index (χ1) is 11.6. The number of hydrogen-bond acceptors (Lipinski definition) is 2. The highest BCUT2D eigenvalue weighted by molar-refractivity contribution is 6.74. The van der Waals surface area contributed by atoms with Gasteiger partial charge in [-0.05, 0) is 48.4 Å². The van der Waals surface area contributed by atoms with E-state index in [0.717, 1.165) is 19.8 Å². The average molecular weight is 365 g/mol. The van der Waals surface area contributed by atoms with E-state index in [4.69, 9.17) is 9.16 Å². The molecule has 0 aromatic heterocycles. The SMILES string of the molecule is C[C@H](CCC[C@H](C)CO[Si](C)(C)C(C)(C)C)COCc1ccccc1. The van der Waals surface area contributed by atoms with Crippen LogP contribution in [0.4, 0.5) is 0 Å². The van der Waals surface area contributed by atoms with Crippen LogP contribution in [0.5, 0.6) is 0 Å². The molecule has 3 heteroatoms. The van der Waals surface area contributed by atoms with Crippen molar-refractivity contribution >= 4 is 8.32 Å². The lowest BCUT2D eigenvalue weighted by Crippen LogP contribution is -2.41. The van der Waals surface area contributed by atoms with Crippen LogP contribution in [0.25, 0.3) is 0 Å². The van der Waals surface area contributed by atoms with Crippen LogP contribution in [0.15, 0.2) is 30.3 Å². The standard InChI is InChI=1S/C22H40O2Si/c1-19(16-23-18-21-14-9-8-10-15-21)12-11-13-20(2)17-24-25(6,7)22(3,4)5/h8-10,14-15,19-20H,11-13,16-18H2,1-7H3/t19-,20+/m1/s1. The lowest BCUT2D eigenvalue weighted by Gasteiger charge is -2.37. The van der Waals surface area contributed by atoms with Gasteiger partial charge in [0.15, 0.2) is 8.32 Å². The smallest absolute Gasteiger partial charge is 0.191 e. The van der Waals surface area contributed by atoms with Crippen molar-refractivity contribution in [3.63, 3.8) is 0 Å². The summed E-state index contributed by atoms with van der Waals surface area (Å²) < 4.78 is 12.2. The van der Waals surface area contributed by atoms with E-state index in [1.807, 2.05) is 6.07 Å². The normalized spacial score (nSPS) is 15.2. The maximum atomic E-state index is 6.34. The Balaban J connectivity index is 2.13. The van der Waals surface area contributed by atoms with E-state index in [-0.39, 0.29) is 0 Å². The van der Waals surface area contributed by atoms with Gasteiger partial charge < -0.3 is 9.16 Å². The summed E-state index contributed by atoms with van der Waals surface area (Å²) in [6.07, 6.45) is 3.74. The van der Waals surface area contributed by atoms with Crippen molar-refractivity contribution in [3.8, 4) is 0 Å². The molecule has 0 aliphatic heterocycles. The molecular weight excluding hydrogens is 324 g/mol. The second-order valence-corrected chi connectivity index (χ2v) is 14.0. The zero-order valence-corrected chi connectivity index (χ0v) is 18.6. The molecule has 25 heavy (non-hydrogen) atoms. The molecule has 0 saturated carbocycles. The lowest BCUT2D eigenvalue weighted by molar-refractivity contribution is 0.0880. The number of benzene rings is 1. The van der Waals surface area contributed by atoms with E-state index in [1.165, 1.54) is 24.8 Å². The molecule has 1 rings (SSSR count). The summed E-state index contributed by atoms with van der Waals surface area (Å²) in [6, 6.07) is 10.4. The van der Waals surface area contributed by atoms with E-state index >= 15 is 0 Å². The van der Waals surface area contributed by atoms with E-state index in [1.54, 1.807) is 0 Å². The predicted octanol–water partition coefficient (Wildman–Crippen LogP) is 6.67. The summed E-state index contributed by atoms with van der Waals surface area (Å²) >= 11 is 0. The van der Waals surface area contributed by atoms with Gasteiger partial charge in [0.05, 0.1) is 6.61 Å². The first-order valence-corrected chi connectivity index (χ1v) is 12.8. The van der Waals surface area contributed by atoms with Crippen LogP contribution < -0.4 is 0 Å². The molecule has 0 spiro atoms. The molecule has 144 valence electrons. The Morgan fingerprint density at radius 1 is 0.920 bits per heavy atom. The summed E-state index contributed by atoms with van der Waals surface area (Å²) in [5.74, 6) is 1.27. The molecule has 1 aromatic rings. The van der Waals surface area contributed by atoms with E-state index < -0.39 is 8.32 Å². The Morgan fingerprint density at radius 2 is 1.48 bits per heavy atom. The quantitative estimate of drug-likeness (QED) is 0.408. The van der Waals surface area contributed by atoms with Crippen LogP contribution in [0.1, 0.15) is 59.4 Å².